The zero-order valence-corrected chi connectivity index (χ0v) is 7.39. The van der Waals surface area contributed by atoms with Crippen LogP contribution in [0, 0.1) is 5.92 Å². The van der Waals surface area contributed by atoms with E-state index in [1.165, 1.54) is 0 Å². The molecule has 0 aliphatic carbocycles. The van der Waals surface area contributed by atoms with Crippen LogP contribution >= 0.6 is 0 Å². The van der Waals surface area contributed by atoms with Crippen molar-refractivity contribution in [3.05, 3.63) is 0 Å². The molecule has 0 radical (unpaired) electrons. The molecule has 1 unspecified atom stereocenters. The predicted octanol–water partition coefficient (Wildman–Crippen LogP) is 1.80. The lowest BCUT2D eigenvalue weighted by Crippen LogP contribution is -2.17. The van der Waals surface area contributed by atoms with Crippen LogP contribution in [0.3, 0.4) is 0 Å². The van der Waals surface area contributed by atoms with Gasteiger partial charge in [-0.1, -0.05) is 20.8 Å². The molecule has 0 aromatic carbocycles. The lowest BCUT2D eigenvalue weighted by molar-refractivity contribution is 0.530. The smallest absolute Gasteiger partial charge is 0.0937 e. The van der Waals surface area contributed by atoms with Gasteiger partial charge in [0.15, 0.2) is 0 Å². The fourth-order valence-electron chi connectivity index (χ4n) is 0.502. The Morgan fingerprint density at radius 2 is 1.90 bits per heavy atom. The van der Waals surface area contributed by atoms with Gasteiger partial charge in [-0.2, -0.15) is 0 Å². The number of nitrogens with two attached hydrogens (primary N) is 1. The van der Waals surface area contributed by atoms with Crippen molar-refractivity contribution in [2.45, 2.75) is 40.2 Å². The van der Waals surface area contributed by atoms with Gasteiger partial charge in [0.2, 0.25) is 0 Å². The molecule has 2 heteroatoms. The summed E-state index contributed by atoms with van der Waals surface area (Å²) in [6, 6.07) is 0.361. The van der Waals surface area contributed by atoms with Crippen LogP contribution in [0.15, 0.2) is 4.99 Å². The lowest BCUT2D eigenvalue weighted by atomic mass is 10.1. The maximum Gasteiger partial charge on any atom is 0.0937 e. The van der Waals surface area contributed by atoms with E-state index >= 15 is 0 Å². The Balaban J connectivity index is 3.86. The van der Waals surface area contributed by atoms with Gasteiger partial charge in [0, 0.05) is 6.42 Å². The third kappa shape index (κ3) is 3.49. The van der Waals surface area contributed by atoms with Crippen molar-refractivity contribution < 1.29 is 0 Å². The van der Waals surface area contributed by atoms with Gasteiger partial charge in [-0.25, -0.2) is 0 Å². The fraction of sp³-hybridized carbons (Fsp3) is 0.875. The number of amidine groups is 1. The second-order valence-corrected chi connectivity index (χ2v) is 2.96. The van der Waals surface area contributed by atoms with E-state index in [1.807, 2.05) is 6.92 Å². The molecule has 10 heavy (non-hydrogen) atoms. The van der Waals surface area contributed by atoms with E-state index in [0.29, 0.717) is 12.0 Å². The molecular weight excluding hydrogens is 124 g/mol. The Hall–Kier alpha value is -0.530. The number of hydrogen-bond acceptors (Lipinski definition) is 1. The van der Waals surface area contributed by atoms with E-state index in [4.69, 9.17) is 5.73 Å². The first-order valence-electron chi connectivity index (χ1n) is 3.90. The first-order valence-corrected chi connectivity index (χ1v) is 3.90. The van der Waals surface area contributed by atoms with E-state index in [1.54, 1.807) is 0 Å². The molecule has 0 spiro atoms. The van der Waals surface area contributed by atoms with Gasteiger partial charge in [0.05, 0.1) is 11.9 Å². The number of hydrogen-bond donors (Lipinski definition) is 1. The van der Waals surface area contributed by atoms with Crippen molar-refractivity contribution in [3.8, 4) is 0 Å². The van der Waals surface area contributed by atoms with Crippen LogP contribution in [0.2, 0.25) is 0 Å². The summed E-state index contributed by atoms with van der Waals surface area (Å²) in [6.45, 7) is 8.41. The van der Waals surface area contributed by atoms with Crippen LogP contribution in [0.5, 0.6) is 0 Å². The van der Waals surface area contributed by atoms with Gasteiger partial charge >= 0.3 is 0 Å². The van der Waals surface area contributed by atoms with Gasteiger partial charge < -0.3 is 5.73 Å². The Labute approximate surface area is 63.5 Å². The lowest BCUT2D eigenvalue weighted by Gasteiger charge is -2.10. The molecule has 60 valence electrons. The molecule has 1 atom stereocenters. The maximum absolute atomic E-state index is 5.56. The highest BCUT2D eigenvalue weighted by Gasteiger charge is 2.03. The molecular formula is C8H18N2. The van der Waals surface area contributed by atoms with Crippen LogP contribution < -0.4 is 5.73 Å². The Bertz CT molecular complexity index is 116. The minimum absolute atomic E-state index is 0.361. The molecule has 0 aliphatic heterocycles. The normalized spacial score (nSPS) is 15.9. The van der Waals surface area contributed by atoms with Crippen molar-refractivity contribution in [2.24, 2.45) is 16.6 Å². The maximum atomic E-state index is 5.56. The molecule has 0 aromatic heterocycles. The summed E-state index contributed by atoms with van der Waals surface area (Å²) >= 11 is 0. The monoisotopic (exact) mass is 142 g/mol. The predicted molar refractivity (Wildman–Crippen MR) is 46.2 cm³/mol. The van der Waals surface area contributed by atoms with Gasteiger partial charge in [0.25, 0.3) is 0 Å². The molecule has 0 bridgehead atoms. The fourth-order valence-corrected chi connectivity index (χ4v) is 0.502. The molecule has 0 amide bonds. The number of rotatable bonds is 3. The second-order valence-electron chi connectivity index (χ2n) is 2.96. The van der Waals surface area contributed by atoms with Gasteiger partial charge in [-0.15, -0.1) is 0 Å². The van der Waals surface area contributed by atoms with E-state index in [9.17, 15) is 0 Å². The topological polar surface area (TPSA) is 38.4 Å². The molecule has 0 heterocycles. The highest BCUT2D eigenvalue weighted by atomic mass is 14.9. The molecule has 0 saturated heterocycles. The molecule has 2 nitrogen and oxygen atoms in total. The van der Waals surface area contributed by atoms with Crippen LogP contribution in [0.4, 0.5) is 0 Å². The van der Waals surface area contributed by atoms with Crippen LogP contribution in [0.1, 0.15) is 34.1 Å². The summed E-state index contributed by atoms with van der Waals surface area (Å²) in [5.74, 6) is 1.35. The summed E-state index contributed by atoms with van der Waals surface area (Å²) in [7, 11) is 0. The van der Waals surface area contributed by atoms with Gasteiger partial charge in [-0.3, -0.25) is 4.99 Å². The van der Waals surface area contributed by atoms with Crippen LogP contribution in [-0.4, -0.2) is 11.9 Å². The van der Waals surface area contributed by atoms with E-state index < -0.39 is 0 Å². The first-order chi connectivity index (χ1) is 4.57. The largest absolute Gasteiger partial charge is 0.387 e. The SMILES string of the molecule is CCC(N)=NC(C)C(C)C. The molecule has 0 saturated carbocycles. The van der Waals surface area contributed by atoms with Crippen LogP contribution in [0.25, 0.3) is 0 Å². The van der Waals surface area contributed by atoms with Gasteiger partial charge in [0.1, 0.15) is 0 Å². The summed E-state index contributed by atoms with van der Waals surface area (Å²) < 4.78 is 0. The zero-order valence-electron chi connectivity index (χ0n) is 7.39. The third-order valence-corrected chi connectivity index (χ3v) is 1.70. The highest BCUT2D eigenvalue weighted by Crippen LogP contribution is 2.04. The van der Waals surface area contributed by atoms with Crippen molar-refractivity contribution in [3.63, 3.8) is 0 Å². The van der Waals surface area contributed by atoms with Crippen molar-refractivity contribution in [2.75, 3.05) is 0 Å². The summed E-state index contributed by atoms with van der Waals surface area (Å²) in [5, 5.41) is 0. The molecule has 0 fully saturated rings. The number of aliphatic imine (C=N–C) groups is 1. The molecule has 2 N–H and O–H groups in total. The standard InChI is InChI=1S/C8H18N2/c1-5-8(9)10-7(4)6(2)3/h6-7H,5H2,1-4H3,(H2,9,10). The Kier molecular flexibility index (Phi) is 4.08. The quantitative estimate of drug-likeness (QED) is 0.473. The third-order valence-electron chi connectivity index (χ3n) is 1.70. The average molecular weight is 142 g/mol. The van der Waals surface area contributed by atoms with Crippen LogP contribution in [-0.2, 0) is 0 Å². The molecule has 0 rings (SSSR count). The Morgan fingerprint density at radius 3 is 2.20 bits per heavy atom. The van der Waals surface area contributed by atoms with E-state index in [0.717, 1.165) is 12.3 Å². The minimum Gasteiger partial charge on any atom is -0.387 e. The van der Waals surface area contributed by atoms with E-state index in [-0.39, 0.29) is 0 Å². The van der Waals surface area contributed by atoms with Gasteiger partial charge in [-0.05, 0) is 12.8 Å². The van der Waals surface area contributed by atoms with E-state index in [2.05, 4.69) is 25.8 Å². The zero-order chi connectivity index (χ0) is 8.15. The van der Waals surface area contributed by atoms with Crippen molar-refractivity contribution in [1.29, 1.82) is 0 Å². The second kappa shape index (κ2) is 4.31. The summed E-state index contributed by atoms with van der Waals surface area (Å²) in [5.41, 5.74) is 5.56. The van der Waals surface area contributed by atoms with Crippen molar-refractivity contribution >= 4 is 5.84 Å². The number of nitrogens with zero attached hydrogens (tertiary/aromatic N) is 1. The first kappa shape index (κ1) is 9.47. The average Bonchev–Trinajstić information content (AvgIpc) is 1.87. The van der Waals surface area contributed by atoms with Crippen molar-refractivity contribution in [1.82, 2.24) is 0 Å². The minimum atomic E-state index is 0.361. The molecule has 0 aliphatic rings. The molecule has 0 aromatic rings. The summed E-state index contributed by atoms with van der Waals surface area (Å²) in [6.07, 6.45) is 0.858. The highest BCUT2D eigenvalue weighted by molar-refractivity contribution is 5.80. The Morgan fingerprint density at radius 1 is 1.40 bits per heavy atom. The summed E-state index contributed by atoms with van der Waals surface area (Å²) in [4.78, 5) is 4.29.